The summed E-state index contributed by atoms with van der Waals surface area (Å²) < 4.78 is 0. The molecule has 1 saturated heterocycles. The number of nitrogens with zero attached hydrogens (tertiary/aromatic N) is 2. The van der Waals surface area contributed by atoms with Crippen molar-refractivity contribution in [1.29, 1.82) is 0 Å². The van der Waals surface area contributed by atoms with Gasteiger partial charge in [0.15, 0.2) is 0 Å². The van der Waals surface area contributed by atoms with Crippen LogP contribution >= 0.6 is 0 Å². The zero-order valence-electron chi connectivity index (χ0n) is 10.7. The van der Waals surface area contributed by atoms with E-state index in [1.165, 1.54) is 25.7 Å². The Balaban J connectivity index is 1.71. The topological polar surface area (TPSA) is 49.6 Å². The molecule has 1 saturated carbocycles. The Labute approximate surface area is 104 Å². The summed E-state index contributed by atoms with van der Waals surface area (Å²) in [6, 6.07) is 0.802. The summed E-state index contributed by atoms with van der Waals surface area (Å²) >= 11 is 0. The van der Waals surface area contributed by atoms with Gasteiger partial charge in [0, 0.05) is 38.6 Å². The van der Waals surface area contributed by atoms with Gasteiger partial charge in [0.1, 0.15) is 0 Å². The number of nitrogens with two attached hydrogens (primary N) is 1. The Morgan fingerprint density at radius 3 is 2.35 bits per heavy atom. The molecule has 0 atom stereocenters. The third-order valence-electron chi connectivity index (χ3n) is 4.10. The summed E-state index contributed by atoms with van der Waals surface area (Å²) in [6.07, 6.45) is 6.95. The summed E-state index contributed by atoms with van der Waals surface area (Å²) in [5, 5.41) is 0. The first-order chi connectivity index (χ1) is 8.31. The molecule has 2 aliphatic rings. The lowest BCUT2D eigenvalue weighted by atomic mass is 10.1. The first-order valence-electron chi connectivity index (χ1n) is 7.03. The van der Waals surface area contributed by atoms with Gasteiger partial charge >= 0.3 is 0 Å². The highest BCUT2D eigenvalue weighted by atomic mass is 16.2. The van der Waals surface area contributed by atoms with Gasteiger partial charge in [-0.25, -0.2) is 0 Å². The van der Waals surface area contributed by atoms with Crippen LogP contribution in [0.2, 0.25) is 0 Å². The van der Waals surface area contributed by atoms with E-state index in [0.717, 1.165) is 38.6 Å². The molecule has 1 heterocycles. The first kappa shape index (κ1) is 12.8. The van der Waals surface area contributed by atoms with Crippen molar-refractivity contribution in [3.05, 3.63) is 0 Å². The molecule has 1 aliphatic heterocycles. The van der Waals surface area contributed by atoms with Crippen molar-refractivity contribution in [1.82, 2.24) is 9.80 Å². The number of rotatable bonds is 4. The van der Waals surface area contributed by atoms with Crippen molar-refractivity contribution < 1.29 is 4.79 Å². The van der Waals surface area contributed by atoms with E-state index in [2.05, 4.69) is 4.90 Å². The quantitative estimate of drug-likeness (QED) is 0.790. The van der Waals surface area contributed by atoms with Crippen LogP contribution in [0.25, 0.3) is 0 Å². The summed E-state index contributed by atoms with van der Waals surface area (Å²) in [4.78, 5) is 16.4. The number of piperazine rings is 1. The zero-order chi connectivity index (χ0) is 12.1. The summed E-state index contributed by atoms with van der Waals surface area (Å²) in [5.74, 6) is 0.293. The van der Waals surface area contributed by atoms with Crippen molar-refractivity contribution in [3.8, 4) is 0 Å². The Bertz CT molecular complexity index is 243. The van der Waals surface area contributed by atoms with Gasteiger partial charge < -0.3 is 10.6 Å². The van der Waals surface area contributed by atoms with Crippen molar-refractivity contribution in [2.24, 2.45) is 5.73 Å². The zero-order valence-corrected chi connectivity index (χ0v) is 10.7. The van der Waals surface area contributed by atoms with Gasteiger partial charge in [-0.3, -0.25) is 9.69 Å². The van der Waals surface area contributed by atoms with Gasteiger partial charge in [0.25, 0.3) is 0 Å². The predicted octanol–water partition coefficient (Wildman–Crippen LogP) is 0.812. The van der Waals surface area contributed by atoms with Gasteiger partial charge in [-0.1, -0.05) is 12.8 Å². The minimum atomic E-state index is 0.293. The minimum Gasteiger partial charge on any atom is -0.340 e. The molecule has 4 nitrogen and oxygen atoms in total. The maximum atomic E-state index is 11.8. The molecule has 2 rings (SSSR count). The van der Waals surface area contributed by atoms with Crippen LogP contribution in [0, 0.1) is 0 Å². The molecule has 1 amide bonds. The van der Waals surface area contributed by atoms with Crippen molar-refractivity contribution in [3.63, 3.8) is 0 Å². The number of carbonyl (C=O) groups is 1. The largest absolute Gasteiger partial charge is 0.340 e. The molecule has 1 aliphatic carbocycles. The lowest BCUT2D eigenvalue weighted by Crippen LogP contribution is -2.51. The normalized spacial score (nSPS) is 23.2. The molecule has 0 unspecified atom stereocenters. The second kappa shape index (κ2) is 6.36. The van der Waals surface area contributed by atoms with Crippen LogP contribution in [0.4, 0.5) is 0 Å². The van der Waals surface area contributed by atoms with Crippen molar-refractivity contribution in [2.45, 2.75) is 44.6 Å². The number of hydrogen-bond acceptors (Lipinski definition) is 3. The van der Waals surface area contributed by atoms with Crippen LogP contribution in [0.1, 0.15) is 38.5 Å². The van der Waals surface area contributed by atoms with E-state index in [0.29, 0.717) is 18.9 Å². The first-order valence-corrected chi connectivity index (χ1v) is 7.03. The molecule has 2 fully saturated rings. The van der Waals surface area contributed by atoms with E-state index in [4.69, 9.17) is 5.73 Å². The molecule has 0 aromatic carbocycles. The Morgan fingerprint density at radius 2 is 1.76 bits per heavy atom. The van der Waals surface area contributed by atoms with Gasteiger partial charge in [0.2, 0.25) is 5.91 Å². The molecule has 0 aromatic heterocycles. The van der Waals surface area contributed by atoms with E-state index < -0.39 is 0 Å². The van der Waals surface area contributed by atoms with Gasteiger partial charge in [-0.15, -0.1) is 0 Å². The fourth-order valence-corrected chi connectivity index (χ4v) is 3.02. The molecular weight excluding hydrogens is 214 g/mol. The summed E-state index contributed by atoms with van der Waals surface area (Å²) in [5.41, 5.74) is 5.43. The SMILES string of the molecule is NCCCC(=O)N1CCN(C2CCCC2)CC1. The van der Waals surface area contributed by atoms with E-state index in [1.807, 2.05) is 4.90 Å². The monoisotopic (exact) mass is 239 g/mol. The van der Waals surface area contributed by atoms with E-state index in [-0.39, 0.29) is 0 Å². The van der Waals surface area contributed by atoms with E-state index in [1.54, 1.807) is 0 Å². The molecule has 98 valence electrons. The second-order valence-corrected chi connectivity index (χ2v) is 5.25. The lowest BCUT2D eigenvalue weighted by Gasteiger charge is -2.38. The van der Waals surface area contributed by atoms with Crippen LogP contribution < -0.4 is 5.73 Å². The number of hydrogen-bond donors (Lipinski definition) is 1. The maximum absolute atomic E-state index is 11.8. The molecule has 17 heavy (non-hydrogen) atoms. The molecule has 0 radical (unpaired) electrons. The highest BCUT2D eigenvalue weighted by Gasteiger charge is 2.27. The molecule has 0 spiro atoms. The number of amides is 1. The molecule has 0 aromatic rings. The Hall–Kier alpha value is -0.610. The standard InChI is InChI=1S/C13H25N3O/c14-7-3-6-13(17)16-10-8-15(9-11-16)12-4-1-2-5-12/h12H,1-11,14H2. The van der Waals surface area contributed by atoms with Crippen molar-refractivity contribution >= 4 is 5.91 Å². The third-order valence-corrected chi connectivity index (χ3v) is 4.10. The van der Waals surface area contributed by atoms with Crippen LogP contribution in [0.5, 0.6) is 0 Å². The van der Waals surface area contributed by atoms with Crippen LogP contribution in [-0.2, 0) is 4.79 Å². The molecule has 4 heteroatoms. The molecule has 2 N–H and O–H groups in total. The lowest BCUT2D eigenvalue weighted by molar-refractivity contribution is -0.133. The van der Waals surface area contributed by atoms with Crippen LogP contribution in [0.3, 0.4) is 0 Å². The Kier molecular flexibility index (Phi) is 4.80. The second-order valence-electron chi connectivity index (χ2n) is 5.25. The van der Waals surface area contributed by atoms with Crippen molar-refractivity contribution in [2.75, 3.05) is 32.7 Å². The third kappa shape index (κ3) is 3.42. The van der Waals surface area contributed by atoms with Gasteiger partial charge in [-0.05, 0) is 25.8 Å². The van der Waals surface area contributed by atoms with Crippen LogP contribution in [0.15, 0.2) is 0 Å². The molecular formula is C13H25N3O. The van der Waals surface area contributed by atoms with E-state index in [9.17, 15) is 4.79 Å². The average Bonchev–Trinajstić information content (AvgIpc) is 2.90. The minimum absolute atomic E-state index is 0.293. The Morgan fingerprint density at radius 1 is 1.12 bits per heavy atom. The fourth-order valence-electron chi connectivity index (χ4n) is 3.02. The summed E-state index contributed by atoms with van der Waals surface area (Å²) in [7, 11) is 0. The molecule has 0 bridgehead atoms. The average molecular weight is 239 g/mol. The van der Waals surface area contributed by atoms with Gasteiger partial charge in [0.05, 0.1) is 0 Å². The van der Waals surface area contributed by atoms with Gasteiger partial charge in [-0.2, -0.15) is 0 Å². The predicted molar refractivity (Wildman–Crippen MR) is 68.7 cm³/mol. The summed E-state index contributed by atoms with van der Waals surface area (Å²) in [6.45, 7) is 4.59. The van der Waals surface area contributed by atoms with Crippen LogP contribution in [-0.4, -0.2) is 54.5 Å². The smallest absolute Gasteiger partial charge is 0.222 e. The highest BCUT2D eigenvalue weighted by molar-refractivity contribution is 5.76. The maximum Gasteiger partial charge on any atom is 0.222 e. The van der Waals surface area contributed by atoms with E-state index >= 15 is 0 Å². The number of carbonyl (C=O) groups excluding carboxylic acids is 1. The highest BCUT2D eigenvalue weighted by Crippen LogP contribution is 2.24. The fraction of sp³-hybridized carbons (Fsp3) is 0.923.